The number of hydrogen-bond donors (Lipinski definition) is 1. The summed E-state index contributed by atoms with van der Waals surface area (Å²) in [7, 11) is 1.43. The van der Waals surface area contributed by atoms with Crippen molar-refractivity contribution in [2.75, 3.05) is 7.11 Å². The molecule has 0 saturated carbocycles. The first kappa shape index (κ1) is 24.4. The van der Waals surface area contributed by atoms with Crippen LogP contribution < -0.4 is 0 Å². The first-order valence-electron chi connectivity index (χ1n) is 10.9. The van der Waals surface area contributed by atoms with E-state index in [4.69, 9.17) is 4.74 Å². The van der Waals surface area contributed by atoms with E-state index in [1.807, 2.05) is 32.9 Å². The molecule has 0 aliphatic carbocycles. The summed E-state index contributed by atoms with van der Waals surface area (Å²) in [4.78, 5) is 14.0. The van der Waals surface area contributed by atoms with Gasteiger partial charge in [0.15, 0.2) is 0 Å². The van der Waals surface area contributed by atoms with E-state index in [1.54, 1.807) is 11.3 Å². The highest BCUT2D eigenvalue weighted by molar-refractivity contribution is 7.14. The van der Waals surface area contributed by atoms with Gasteiger partial charge in [-0.25, -0.2) is 4.79 Å². The molecule has 4 heteroatoms. The highest BCUT2D eigenvalue weighted by Gasteiger charge is 2.34. The SMILES string of the molecule is CCC(O)(/C=C/c1ccc(C(CC)(CC)c2cc(C)c(C(=O)OC)s2)cc1C)CC. The normalized spacial score (nSPS) is 12.5. The topological polar surface area (TPSA) is 46.5 Å². The second kappa shape index (κ2) is 9.93. The van der Waals surface area contributed by atoms with Gasteiger partial charge in [-0.1, -0.05) is 58.0 Å². The minimum Gasteiger partial charge on any atom is -0.465 e. The van der Waals surface area contributed by atoms with Gasteiger partial charge in [-0.3, -0.25) is 0 Å². The van der Waals surface area contributed by atoms with E-state index in [0.717, 1.165) is 24.0 Å². The average molecular weight is 429 g/mol. The Morgan fingerprint density at radius 3 is 2.17 bits per heavy atom. The predicted octanol–water partition coefficient (Wildman–Crippen LogP) is 6.82. The monoisotopic (exact) mass is 428 g/mol. The smallest absolute Gasteiger partial charge is 0.348 e. The number of aryl methyl sites for hydroxylation is 2. The van der Waals surface area contributed by atoms with Crippen molar-refractivity contribution in [1.29, 1.82) is 0 Å². The number of carbonyl (C=O) groups is 1. The van der Waals surface area contributed by atoms with Crippen LogP contribution in [0.25, 0.3) is 6.08 Å². The van der Waals surface area contributed by atoms with Crippen LogP contribution in [0.1, 0.15) is 90.2 Å². The molecule has 30 heavy (non-hydrogen) atoms. The molecule has 1 aromatic carbocycles. The Morgan fingerprint density at radius 1 is 1.03 bits per heavy atom. The quantitative estimate of drug-likeness (QED) is 0.446. The second-order valence-electron chi connectivity index (χ2n) is 8.12. The van der Waals surface area contributed by atoms with Gasteiger partial charge in [0.1, 0.15) is 4.88 Å². The summed E-state index contributed by atoms with van der Waals surface area (Å²) in [6.07, 6.45) is 7.26. The molecular formula is C26H36O3S. The molecule has 1 aromatic heterocycles. The molecule has 1 heterocycles. The van der Waals surface area contributed by atoms with Crippen LogP contribution in [0.2, 0.25) is 0 Å². The number of rotatable bonds is 9. The number of aliphatic hydroxyl groups is 1. The van der Waals surface area contributed by atoms with Crippen LogP contribution in [0.15, 0.2) is 30.3 Å². The Hall–Kier alpha value is -1.91. The molecule has 3 nitrogen and oxygen atoms in total. The van der Waals surface area contributed by atoms with Gasteiger partial charge in [-0.15, -0.1) is 11.3 Å². The number of benzene rings is 1. The van der Waals surface area contributed by atoms with Gasteiger partial charge in [-0.2, -0.15) is 0 Å². The van der Waals surface area contributed by atoms with Crippen LogP contribution in [-0.2, 0) is 10.2 Å². The summed E-state index contributed by atoms with van der Waals surface area (Å²) in [6, 6.07) is 8.75. The lowest BCUT2D eigenvalue weighted by Gasteiger charge is -2.32. The maximum Gasteiger partial charge on any atom is 0.348 e. The van der Waals surface area contributed by atoms with Crippen molar-refractivity contribution in [2.24, 2.45) is 0 Å². The summed E-state index contributed by atoms with van der Waals surface area (Å²) >= 11 is 1.55. The largest absolute Gasteiger partial charge is 0.465 e. The van der Waals surface area contributed by atoms with E-state index in [-0.39, 0.29) is 11.4 Å². The lowest BCUT2D eigenvalue weighted by atomic mass is 9.74. The third-order valence-electron chi connectivity index (χ3n) is 6.59. The number of esters is 1. The van der Waals surface area contributed by atoms with Gasteiger partial charge in [0.05, 0.1) is 12.7 Å². The summed E-state index contributed by atoms with van der Waals surface area (Å²) in [5.41, 5.74) is 3.66. The molecule has 0 atom stereocenters. The zero-order valence-corrected chi connectivity index (χ0v) is 20.3. The van der Waals surface area contributed by atoms with Crippen molar-refractivity contribution in [3.63, 3.8) is 0 Å². The van der Waals surface area contributed by atoms with Gasteiger partial charge in [0, 0.05) is 10.3 Å². The van der Waals surface area contributed by atoms with Gasteiger partial charge in [0.25, 0.3) is 0 Å². The number of carbonyl (C=O) groups excluding carboxylic acids is 1. The number of ether oxygens (including phenoxy) is 1. The second-order valence-corrected chi connectivity index (χ2v) is 9.17. The molecule has 0 spiro atoms. The molecule has 2 rings (SSSR count). The summed E-state index contributed by atoms with van der Waals surface area (Å²) < 4.78 is 4.97. The minimum absolute atomic E-state index is 0.137. The summed E-state index contributed by atoms with van der Waals surface area (Å²) in [5, 5.41) is 10.6. The molecule has 1 N–H and O–H groups in total. The number of hydrogen-bond acceptors (Lipinski definition) is 4. The minimum atomic E-state index is -0.750. The van der Waals surface area contributed by atoms with Crippen LogP contribution in [0.3, 0.4) is 0 Å². The zero-order chi connectivity index (χ0) is 22.5. The third-order valence-corrected chi connectivity index (χ3v) is 8.01. The van der Waals surface area contributed by atoms with E-state index in [1.165, 1.54) is 23.1 Å². The molecule has 0 aliphatic heterocycles. The highest BCUT2D eigenvalue weighted by Crippen LogP contribution is 2.44. The standard InChI is InChI=1S/C26H36O3S/c1-8-25(28,9-2)15-14-20-12-13-21(16-18(20)5)26(10-3,11-4)22-17-19(6)23(30-22)24(27)29-7/h12-17,28H,8-11H2,1-7H3/b15-14+. The predicted molar refractivity (Wildman–Crippen MR) is 128 cm³/mol. The van der Waals surface area contributed by atoms with Gasteiger partial charge < -0.3 is 9.84 Å². The van der Waals surface area contributed by atoms with Crippen LogP contribution in [0.4, 0.5) is 0 Å². The molecule has 0 unspecified atom stereocenters. The van der Waals surface area contributed by atoms with Crippen molar-refractivity contribution in [3.05, 3.63) is 62.3 Å². The van der Waals surface area contributed by atoms with Crippen molar-refractivity contribution >= 4 is 23.4 Å². The molecule has 0 fully saturated rings. The van der Waals surface area contributed by atoms with Crippen molar-refractivity contribution in [3.8, 4) is 0 Å². The van der Waals surface area contributed by atoms with Gasteiger partial charge >= 0.3 is 5.97 Å². The molecule has 2 aromatic rings. The summed E-state index contributed by atoms with van der Waals surface area (Å²) in [5.74, 6) is -0.263. The Bertz CT molecular complexity index is 899. The Kier molecular flexibility index (Phi) is 8.06. The Morgan fingerprint density at radius 2 is 1.67 bits per heavy atom. The molecular weight excluding hydrogens is 392 g/mol. The molecule has 0 aliphatic rings. The first-order valence-corrected chi connectivity index (χ1v) is 11.7. The lowest BCUT2D eigenvalue weighted by Crippen LogP contribution is -2.25. The van der Waals surface area contributed by atoms with Crippen LogP contribution in [-0.4, -0.2) is 23.8 Å². The first-order chi connectivity index (χ1) is 14.2. The highest BCUT2D eigenvalue weighted by atomic mass is 32.1. The molecule has 0 bridgehead atoms. The maximum absolute atomic E-state index is 12.1. The van der Waals surface area contributed by atoms with Gasteiger partial charge in [0.2, 0.25) is 0 Å². The van der Waals surface area contributed by atoms with E-state index in [9.17, 15) is 9.90 Å². The average Bonchev–Trinajstić information content (AvgIpc) is 3.15. The van der Waals surface area contributed by atoms with Crippen LogP contribution in [0.5, 0.6) is 0 Å². The molecule has 0 amide bonds. The van der Waals surface area contributed by atoms with E-state index in [2.05, 4.69) is 45.0 Å². The van der Waals surface area contributed by atoms with E-state index >= 15 is 0 Å². The molecule has 164 valence electrons. The molecule has 0 radical (unpaired) electrons. The fourth-order valence-electron chi connectivity index (χ4n) is 4.05. The van der Waals surface area contributed by atoms with Crippen molar-refractivity contribution in [2.45, 2.75) is 78.2 Å². The third kappa shape index (κ3) is 4.70. The lowest BCUT2D eigenvalue weighted by molar-refractivity contribution is 0.0605. The summed E-state index contributed by atoms with van der Waals surface area (Å²) in [6.45, 7) is 12.5. The van der Waals surface area contributed by atoms with E-state index in [0.29, 0.717) is 17.7 Å². The van der Waals surface area contributed by atoms with E-state index < -0.39 is 5.60 Å². The fraction of sp³-hybridized carbons (Fsp3) is 0.500. The number of thiophene rings is 1. The Labute approximate surface area is 185 Å². The van der Waals surface area contributed by atoms with Crippen LogP contribution in [0, 0.1) is 13.8 Å². The van der Waals surface area contributed by atoms with Crippen LogP contribution >= 0.6 is 11.3 Å². The van der Waals surface area contributed by atoms with Gasteiger partial charge in [-0.05, 0) is 67.9 Å². The molecule has 0 saturated heterocycles. The Balaban J connectivity index is 2.50. The number of methoxy groups -OCH3 is 1. The zero-order valence-electron chi connectivity index (χ0n) is 19.5. The van der Waals surface area contributed by atoms with Crippen molar-refractivity contribution < 1.29 is 14.6 Å². The maximum atomic E-state index is 12.1. The van der Waals surface area contributed by atoms with Crippen molar-refractivity contribution in [1.82, 2.24) is 0 Å². The fourth-order valence-corrected chi connectivity index (χ4v) is 5.50.